The summed E-state index contributed by atoms with van der Waals surface area (Å²) >= 11 is 0. The molecule has 0 radical (unpaired) electrons. The maximum absolute atomic E-state index is 13.2. The van der Waals surface area contributed by atoms with Crippen molar-refractivity contribution in [2.45, 2.75) is 25.0 Å². The number of carbonyl (C=O) groups is 1. The fraction of sp³-hybridized carbons (Fsp3) is 0.276. The standard InChI is InChI=1S/C29H33N3O3/c1-2-29(30,27(35)16-14-22-13-15-25(33)26(34)21-22)32-19-17-31(18-20-32)28(23-9-5-3-6-10-23)24-11-7-4-8-12-24/h3-16,21,28,33-34H,2,17-20,30H2,1H3. The Morgan fingerprint density at radius 1 is 0.914 bits per heavy atom. The summed E-state index contributed by atoms with van der Waals surface area (Å²) in [7, 11) is 0. The predicted molar refractivity (Wildman–Crippen MR) is 139 cm³/mol. The van der Waals surface area contributed by atoms with E-state index in [4.69, 9.17) is 5.73 Å². The fourth-order valence-electron chi connectivity index (χ4n) is 4.78. The van der Waals surface area contributed by atoms with E-state index in [1.807, 2.05) is 19.1 Å². The third-order valence-corrected chi connectivity index (χ3v) is 6.87. The van der Waals surface area contributed by atoms with Gasteiger partial charge >= 0.3 is 0 Å². The molecule has 1 atom stereocenters. The predicted octanol–water partition coefficient (Wildman–Crippen LogP) is 4.15. The van der Waals surface area contributed by atoms with Gasteiger partial charge in [0.05, 0.1) is 6.04 Å². The van der Waals surface area contributed by atoms with Crippen molar-refractivity contribution in [2.75, 3.05) is 26.2 Å². The molecule has 1 aliphatic rings. The lowest BCUT2D eigenvalue weighted by Gasteiger charge is -2.46. The number of hydrogen-bond donors (Lipinski definition) is 3. The highest BCUT2D eigenvalue weighted by molar-refractivity contribution is 6.00. The van der Waals surface area contributed by atoms with Gasteiger partial charge < -0.3 is 15.9 Å². The number of phenolic OH excluding ortho intramolecular Hbond substituents is 2. The Bertz CT molecular complexity index is 1120. The first-order valence-corrected chi connectivity index (χ1v) is 12.0. The van der Waals surface area contributed by atoms with Crippen LogP contribution in [0.5, 0.6) is 11.5 Å². The summed E-state index contributed by atoms with van der Waals surface area (Å²) < 4.78 is 0. The molecule has 1 fully saturated rings. The summed E-state index contributed by atoms with van der Waals surface area (Å²) in [5.74, 6) is -0.599. The second kappa shape index (κ2) is 10.9. The van der Waals surface area contributed by atoms with Crippen LogP contribution in [0.25, 0.3) is 6.08 Å². The number of benzene rings is 3. The van der Waals surface area contributed by atoms with Crippen molar-refractivity contribution >= 4 is 11.9 Å². The van der Waals surface area contributed by atoms with Crippen LogP contribution in [-0.2, 0) is 4.79 Å². The zero-order valence-corrected chi connectivity index (χ0v) is 20.0. The van der Waals surface area contributed by atoms with Gasteiger partial charge in [-0.15, -0.1) is 0 Å². The maximum Gasteiger partial charge on any atom is 0.190 e. The third-order valence-electron chi connectivity index (χ3n) is 6.87. The molecular weight excluding hydrogens is 438 g/mol. The number of ketones is 1. The van der Waals surface area contributed by atoms with Crippen molar-refractivity contribution in [1.82, 2.24) is 9.80 Å². The van der Waals surface area contributed by atoms with Gasteiger partial charge in [0.2, 0.25) is 0 Å². The Kier molecular flexibility index (Phi) is 7.66. The molecule has 0 aromatic heterocycles. The molecule has 0 saturated carbocycles. The van der Waals surface area contributed by atoms with E-state index >= 15 is 0 Å². The minimum atomic E-state index is -1.10. The van der Waals surface area contributed by atoms with Gasteiger partial charge in [-0.25, -0.2) is 0 Å². The van der Waals surface area contributed by atoms with Crippen molar-refractivity contribution in [3.63, 3.8) is 0 Å². The molecule has 1 unspecified atom stereocenters. The smallest absolute Gasteiger partial charge is 0.190 e. The number of piperazine rings is 1. The molecule has 0 spiro atoms. The van der Waals surface area contributed by atoms with Gasteiger partial charge in [0.15, 0.2) is 17.3 Å². The first kappa shape index (κ1) is 24.7. The molecule has 182 valence electrons. The van der Waals surface area contributed by atoms with Crippen molar-refractivity contribution in [1.29, 1.82) is 0 Å². The van der Waals surface area contributed by atoms with Crippen molar-refractivity contribution < 1.29 is 15.0 Å². The summed E-state index contributed by atoms with van der Waals surface area (Å²) in [6.07, 6.45) is 3.58. The minimum absolute atomic E-state index is 0.145. The third kappa shape index (κ3) is 5.46. The Hall–Kier alpha value is -3.45. The van der Waals surface area contributed by atoms with Crippen LogP contribution in [0.1, 0.15) is 36.1 Å². The summed E-state index contributed by atoms with van der Waals surface area (Å²) in [6.45, 7) is 4.87. The second-order valence-electron chi connectivity index (χ2n) is 8.97. The summed E-state index contributed by atoms with van der Waals surface area (Å²) in [5, 5.41) is 19.2. The molecule has 0 bridgehead atoms. The maximum atomic E-state index is 13.2. The molecule has 6 nitrogen and oxygen atoms in total. The van der Waals surface area contributed by atoms with Crippen LogP contribution in [0, 0.1) is 0 Å². The second-order valence-corrected chi connectivity index (χ2v) is 8.97. The lowest BCUT2D eigenvalue weighted by Crippen LogP contribution is -2.65. The van der Waals surface area contributed by atoms with Gasteiger partial charge in [-0.1, -0.05) is 79.7 Å². The molecule has 6 heteroatoms. The molecule has 4 N–H and O–H groups in total. The molecule has 1 aliphatic heterocycles. The zero-order valence-electron chi connectivity index (χ0n) is 20.0. The fourth-order valence-corrected chi connectivity index (χ4v) is 4.78. The Balaban J connectivity index is 1.48. The number of phenols is 2. The van der Waals surface area contributed by atoms with E-state index in [1.54, 1.807) is 12.1 Å². The number of rotatable bonds is 8. The van der Waals surface area contributed by atoms with E-state index < -0.39 is 5.66 Å². The van der Waals surface area contributed by atoms with Crippen LogP contribution in [0.4, 0.5) is 0 Å². The highest BCUT2D eigenvalue weighted by Gasteiger charge is 2.39. The van der Waals surface area contributed by atoms with Crippen molar-refractivity contribution in [3.8, 4) is 11.5 Å². The molecule has 1 saturated heterocycles. The van der Waals surface area contributed by atoms with Gasteiger partial charge in [0.25, 0.3) is 0 Å². The van der Waals surface area contributed by atoms with Gasteiger partial charge in [-0.2, -0.15) is 0 Å². The van der Waals surface area contributed by atoms with E-state index in [2.05, 4.69) is 58.3 Å². The number of carbonyl (C=O) groups excluding carboxylic acids is 1. The quantitative estimate of drug-likeness (QED) is 0.338. The average molecular weight is 472 g/mol. The number of nitrogens with zero attached hydrogens (tertiary/aromatic N) is 2. The zero-order chi connectivity index (χ0) is 24.8. The van der Waals surface area contributed by atoms with E-state index in [-0.39, 0.29) is 23.3 Å². The van der Waals surface area contributed by atoms with E-state index in [0.29, 0.717) is 25.1 Å². The Morgan fingerprint density at radius 2 is 1.49 bits per heavy atom. The molecule has 35 heavy (non-hydrogen) atoms. The van der Waals surface area contributed by atoms with Gasteiger partial charge in [0, 0.05) is 26.2 Å². The van der Waals surface area contributed by atoms with Gasteiger partial charge in [-0.05, 0) is 41.3 Å². The number of aromatic hydroxyl groups is 2. The number of hydrogen-bond acceptors (Lipinski definition) is 6. The summed E-state index contributed by atoms with van der Waals surface area (Å²) in [4.78, 5) is 17.7. The lowest BCUT2D eigenvalue weighted by atomic mass is 9.94. The summed E-state index contributed by atoms with van der Waals surface area (Å²) in [6, 6.07) is 25.6. The van der Waals surface area contributed by atoms with Crippen LogP contribution in [0.3, 0.4) is 0 Å². The first-order valence-electron chi connectivity index (χ1n) is 12.0. The van der Waals surface area contributed by atoms with Crippen LogP contribution < -0.4 is 5.73 Å². The van der Waals surface area contributed by atoms with E-state index in [0.717, 1.165) is 13.1 Å². The molecule has 0 aliphatic carbocycles. The van der Waals surface area contributed by atoms with Crippen LogP contribution >= 0.6 is 0 Å². The Labute approximate surface area is 206 Å². The van der Waals surface area contributed by atoms with Gasteiger partial charge in [0.1, 0.15) is 5.66 Å². The molecule has 3 aromatic rings. The normalized spacial score (nSPS) is 17.0. The lowest BCUT2D eigenvalue weighted by molar-refractivity contribution is -0.128. The van der Waals surface area contributed by atoms with Crippen molar-refractivity contribution in [3.05, 3.63) is 102 Å². The average Bonchev–Trinajstić information content (AvgIpc) is 2.90. The minimum Gasteiger partial charge on any atom is -0.504 e. The summed E-state index contributed by atoms with van der Waals surface area (Å²) in [5.41, 5.74) is 8.71. The number of nitrogens with two attached hydrogens (primary N) is 1. The molecule has 3 aromatic carbocycles. The molecular formula is C29H33N3O3. The molecule has 0 amide bonds. The van der Waals surface area contributed by atoms with E-state index in [1.165, 1.54) is 29.3 Å². The van der Waals surface area contributed by atoms with Crippen LogP contribution in [0.2, 0.25) is 0 Å². The topological polar surface area (TPSA) is 90.0 Å². The molecule has 4 rings (SSSR count). The van der Waals surface area contributed by atoms with Gasteiger partial charge in [-0.3, -0.25) is 14.6 Å². The monoisotopic (exact) mass is 471 g/mol. The van der Waals surface area contributed by atoms with E-state index in [9.17, 15) is 15.0 Å². The van der Waals surface area contributed by atoms with Crippen molar-refractivity contribution in [2.24, 2.45) is 5.73 Å². The van der Waals surface area contributed by atoms with Crippen LogP contribution in [-0.4, -0.2) is 57.6 Å². The highest BCUT2D eigenvalue weighted by Crippen LogP contribution is 2.31. The highest BCUT2D eigenvalue weighted by atomic mass is 16.3. The largest absolute Gasteiger partial charge is 0.504 e. The van der Waals surface area contributed by atoms with Crippen LogP contribution in [0.15, 0.2) is 84.9 Å². The first-order chi connectivity index (χ1) is 16.9. The molecule has 1 heterocycles. The Morgan fingerprint density at radius 3 is 2.00 bits per heavy atom. The SMILES string of the molecule is CCC(N)(C(=O)C=Cc1ccc(O)c(O)c1)N1CCN(C(c2ccccc2)c2ccccc2)CC1.